The number of carbonyl (C=O) groups excluding carboxylic acids is 1. The number of ether oxygens (including phenoxy) is 1. The number of amides is 1. The Morgan fingerprint density at radius 2 is 1.88 bits per heavy atom. The van der Waals surface area contributed by atoms with Crippen LogP contribution in [0.25, 0.3) is 0 Å². The third-order valence-electron chi connectivity index (χ3n) is 3.02. The van der Waals surface area contributed by atoms with Crippen molar-refractivity contribution >= 4 is 5.91 Å². The van der Waals surface area contributed by atoms with Crippen LogP contribution in [0.3, 0.4) is 0 Å². The minimum absolute atomic E-state index is 0.00278. The first-order chi connectivity index (χ1) is 7.83. The number of nitrogens with one attached hydrogen (secondary N) is 1. The van der Waals surface area contributed by atoms with Gasteiger partial charge in [-0.3, -0.25) is 9.63 Å². The van der Waals surface area contributed by atoms with E-state index in [9.17, 15) is 4.79 Å². The molecule has 1 saturated carbocycles. The molecule has 0 atom stereocenters. The van der Waals surface area contributed by atoms with E-state index < -0.39 is 0 Å². The summed E-state index contributed by atoms with van der Waals surface area (Å²) in [4.78, 5) is 16.5. The van der Waals surface area contributed by atoms with Crippen molar-refractivity contribution in [3.8, 4) is 0 Å². The lowest BCUT2D eigenvalue weighted by Gasteiger charge is -2.13. The number of methoxy groups -OCH3 is 1. The fraction of sp³-hybridized carbons (Fsp3) is 0.917. The topological polar surface area (TPSA) is 47.6 Å². The molecule has 0 aromatic rings. The van der Waals surface area contributed by atoms with Gasteiger partial charge in [0.25, 0.3) is 0 Å². The summed E-state index contributed by atoms with van der Waals surface area (Å²) < 4.78 is 4.81. The van der Waals surface area contributed by atoms with Gasteiger partial charge in [0.1, 0.15) is 0 Å². The van der Waals surface area contributed by atoms with Crippen molar-refractivity contribution in [2.75, 3.05) is 20.3 Å². The number of hydroxylamine groups is 1. The van der Waals surface area contributed by atoms with Gasteiger partial charge in [-0.05, 0) is 18.8 Å². The molecule has 1 N–H and O–H groups in total. The molecule has 0 aromatic carbocycles. The molecule has 0 heterocycles. The molecule has 1 rings (SSSR count). The highest BCUT2D eigenvalue weighted by molar-refractivity contribution is 5.74. The molecule has 16 heavy (non-hydrogen) atoms. The highest BCUT2D eigenvalue weighted by atomic mass is 16.7. The van der Waals surface area contributed by atoms with Crippen LogP contribution in [0, 0.1) is 5.92 Å². The van der Waals surface area contributed by atoms with Crippen LogP contribution in [0.1, 0.15) is 44.9 Å². The minimum Gasteiger partial charge on any atom is -0.382 e. The first-order valence-corrected chi connectivity index (χ1v) is 6.22. The Morgan fingerprint density at radius 3 is 2.50 bits per heavy atom. The zero-order valence-electron chi connectivity index (χ0n) is 10.2. The molecule has 0 aromatic heterocycles. The van der Waals surface area contributed by atoms with E-state index in [1.54, 1.807) is 7.11 Å². The van der Waals surface area contributed by atoms with Crippen LogP contribution in [-0.2, 0) is 14.4 Å². The summed E-state index contributed by atoms with van der Waals surface area (Å²) in [6.45, 7) is 0.913. The minimum atomic E-state index is 0.00278. The predicted molar refractivity (Wildman–Crippen MR) is 61.8 cm³/mol. The molecule has 0 radical (unpaired) electrons. The second kappa shape index (κ2) is 8.53. The van der Waals surface area contributed by atoms with Gasteiger partial charge in [0.05, 0.1) is 13.2 Å². The first kappa shape index (κ1) is 13.5. The highest BCUT2D eigenvalue weighted by Crippen LogP contribution is 2.25. The Balaban J connectivity index is 2.07. The van der Waals surface area contributed by atoms with Crippen LogP contribution in [0.5, 0.6) is 0 Å². The van der Waals surface area contributed by atoms with Crippen molar-refractivity contribution < 1.29 is 14.4 Å². The molecule has 0 bridgehead atoms. The lowest BCUT2D eigenvalue weighted by atomic mass is 9.96. The molecule has 4 nitrogen and oxygen atoms in total. The molecule has 1 amide bonds. The van der Waals surface area contributed by atoms with Gasteiger partial charge < -0.3 is 4.74 Å². The monoisotopic (exact) mass is 229 g/mol. The van der Waals surface area contributed by atoms with Gasteiger partial charge >= 0.3 is 0 Å². The molecule has 1 aliphatic carbocycles. The second-order valence-corrected chi connectivity index (χ2v) is 4.43. The smallest absolute Gasteiger partial charge is 0.243 e. The summed E-state index contributed by atoms with van der Waals surface area (Å²) in [6.07, 6.45) is 8.15. The lowest BCUT2D eigenvalue weighted by molar-refractivity contribution is -0.135. The third-order valence-corrected chi connectivity index (χ3v) is 3.02. The van der Waals surface area contributed by atoms with E-state index in [2.05, 4.69) is 5.48 Å². The predicted octanol–water partition coefficient (Wildman–Crippen LogP) is 2.04. The quantitative estimate of drug-likeness (QED) is 0.431. The van der Waals surface area contributed by atoms with Gasteiger partial charge in [0, 0.05) is 13.5 Å². The third kappa shape index (κ3) is 6.08. The molecule has 1 fully saturated rings. The fourth-order valence-electron chi connectivity index (χ4n) is 2.13. The summed E-state index contributed by atoms with van der Waals surface area (Å²) in [7, 11) is 1.61. The summed E-state index contributed by atoms with van der Waals surface area (Å²) >= 11 is 0. The van der Waals surface area contributed by atoms with Crippen LogP contribution < -0.4 is 5.48 Å². The normalized spacial score (nSPS) is 18.1. The average Bonchev–Trinajstić information content (AvgIpc) is 2.53. The number of carbonyl (C=O) groups is 1. The fourth-order valence-corrected chi connectivity index (χ4v) is 2.13. The molecule has 0 unspecified atom stereocenters. The summed E-state index contributed by atoms with van der Waals surface area (Å²) in [5, 5.41) is 0. The molecule has 0 saturated heterocycles. The van der Waals surface area contributed by atoms with E-state index in [4.69, 9.17) is 9.57 Å². The zero-order valence-corrected chi connectivity index (χ0v) is 10.2. The summed E-state index contributed by atoms with van der Waals surface area (Å²) in [6, 6.07) is 0. The highest BCUT2D eigenvalue weighted by Gasteiger charge is 2.15. The van der Waals surface area contributed by atoms with Crippen LogP contribution >= 0.6 is 0 Å². The Labute approximate surface area is 97.6 Å². The van der Waals surface area contributed by atoms with Gasteiger partial charge in [-0.1, -0.05) is 25.7 Å². The van der Waals surface area contributed by atoms with Crippen LogP contribution in [0.2, 0.25) is 0 Å². The van der Waals surface area contributed by atoms with Crippen molar-refractivity contribution in [2.45, 2.75) is 44.9 Å². The Kier molecular flexibility index (Phi) is 7.17. The van der Waals surface area contributed by atoms with Gasteiger partial charge in [-0.15, -0.1) is 0 Å². The van der Waals surface area contributed by atoms with E-state index in [1.165, 1.54) is 38.5 Å². The van der Waals surface area contributed by atoms with E-state index in [0.717, 1.165) is 0 Å². The lowest BCUT2D eigenvalue weighted by Crippen LogP contribution is -2.27. The van der Waals surface area contributed by atoms with Crippen LogP contribution in [-0.4, -0.2) is 26.2 Å². The maximum atomic E-state index is 11.5. The molecule has 0 aliphatic heterocycles. The molecule has 4 heteroatoms. The van der Waals surface area contributed by atoms with Gasteiger partial charge in [-0.2, -0.15) is 0 Å². The van der Waals surface area contributed by atoms with E-state index in [1.807, 2.05) is 0 Å². The number of hydrogen-bond donors (Lipinski definition) is 1. The molecular formula is C12H23NO3. The summed E-state index contributed by atoms with van der Waals surface area (Å²) in [5.41, 5.74) is 2.47. The van der Waals surface area contributed by atoms with Crippen LogP contribution in [0.15, 0.2) is 0 Å². The summed E-state index contributed by atoms with van der Waals surface area (Å²) in [5.74, 6) is 0.552. The van der Waals surface area contributed by atoms with Crippen molar-refractivity contribution in [1.82, 2.24) is 5.48 Å². The second-order valence-electron chi connectivity index (χ2n) is 4.43. The van der Waals surface area contributed by atoms with E-state index in [-0.39, 0.29) is 5.91 Å². The maximum Gasteiger partial charge on any atom is 0.243 e. The van der Waals surface area contributed by atoms with Crippen molar-refractivity contribution in [3.05, 3.63) is 0 Å². The SMILES string of the molecule is COCCONC(=O)CC1CCCCCC1. The molecule has 0 spiro atoms. The Hall–Kier alpha value is -0.610. The number of hydrogen-bond acceptors (Lipinski definition) is 3. The Morgan fingerprint density at radius 1 is 1.19 bits per heavy atom. The molecule has 1 aliphatic rings. The Bertz CT molecular complexity index is 189. The van der Waals surface area contributed by atoms with E-state index >= 15 is 0 Å². The maximum absolute atomic E-state index is 11.5. The molecular weight excluding hydrogens is 206 g/mol. The largest absolute Gasteiger partial charge is 0.382 e. The van der Waals surface area contributed by atoms with Crippen molar-refractivity contribution in [3.63, 3.8) is 0 Å². The number of rotatable bonds is 6. The first-order valence-electron chi connectivity index (χ1n) is 6.22. The average molecular weight is 229 g/mol. The van der Waals surface area contributed by atoms with Gasteiger partial charge in [-0.25, -0.2) is 5.48 Å². The molecule has 94 valence electrons. The zero-order chi connectivity index (χ0) is 11.6. The van der Waals surface area contributed by atoms with Crippen molar-refractivity contribution in [2.24, 2.45) is 5.92 Å². The van der Waals surface area contributed by atoms with E-state index in [0.29, 0.717) is 25.6 Å². The van der Waals surface area contributed by atoms with Crippen molar-refractivity contribution in [1.29, 1.82) is 0 Å². The van der Waals surface area contributed by atoms with Gasteiger partial charge in [0.15, 0.2) is 0 Å². The standard InChI is InChI=1S/C12H23NO3/c1-15-8-9-16-13-12(14)10-11-6-4-2-3-5-7-11/h11H,2-10H2,1H3,(H,13,14). The van der Waals surface area contributed by atoms with Crippen LogP contribution in [0.4, 0.5) is 0 Å². The van der Waals surface area contributed by atoms with Gasteiger partial charge in [0.2, 0.25) is 5.91 Å².